The van der Waals surface area contributed by atoms with Crippen LogP contribution in [-0.2, 0) is 6.54 Å². The van der Waals surface area contributed by atoms with Crippen LogP contribution in [-0.4, -0.2) is 27.6 Å². The maximum absolute atomic E-state index is 12.8. The number of carbonyl (C=O) groups excluding carboxylic acids is 1. The van der Waals surface area contributed by atoms with E-state index in [1.165, 1.54) is 11.3 Å². The number of benzene rings is 1. The number of hydrogen-bond acceptors (Lipinski definition) is 5. The van der Waals surface area contributed by atoms with Gasteiger partial charge in [0.05, 0.1) is 18.3 Å². The highest BCUT2D eigenvalue weighted by Gasteiger charge is 2.23. The van der Waals surface area contributed by atoms with E-state index in [-0.39, 0.29) is 18.2 Å². The Bertz CT molecular complexity index is 784. The summed E-state index contributed by atoms with van der Waals surface area (Å²) >= 11 is 1.52. The highest BCUT2D eigenvalue weighted by Crippen LogP contribution is 2.20. The van der Waals surface area contributed by atoms with Gasteiger partial charge in [-0.2, -0.15) is 11.3 Å². The summed E-state index contributed by atoms with van der Waals surface area (Å²) in [5.74, 6) is -0.102. The fraction of sp³-hybridized carbons (Fsp3) is 0.222. The molecule has 24 heavy (non-hydrogen) atoms. The molecule has 0 radical (unpaired) electrons. The molecule has 1 atom stereocenters. The van der Waals surface area contributed by atoms with Gasteiger partial charge in [0.25, 0.3) is 5.91 Å². The lowest BCUT2D eigenvalue weighted by molar-refractivity contribution is 0.0566. The van der Waals surface area contributed by atoms with Crippen molar-refractivity contribution in [1.29, 1.82) is 0 Å². The van der Waals surface area contributed by atoms with Crippen molar-refractivity contribution in [3.05, 3.63) is 75.8 Å². The van der Waals surface area contributed by atoms with Gasteiger partial charge in [0, 0.05) is 12.6 Å². The Kier molecular flexibility index (Phi) is 5.08. The number of carbonyl (C=O) groups is 1. The zero-order valence-electron chi connectivity index (χ0n) is 13.3. The molecule has 3 aromatic rings. The Balaban J connectivity index is 1.81. The first-order valence-corrected chi connectivity index (χ1v) is 8.54. The van der Waals surface area contributed by atoms with E-state index in [0.717, 1.165) is 11.1 Å². The second-order valence-corrected chi connectivity index (χ2v) is 6.36. The number of aryl methyl sites for hydroxylation is 1. The normalized spacial score (nSPS) is 12.1. The molecule has 0 spiro atoms. The van der Waals surface area contributed by atoms with Crippen LogP contribution < -0.4 is 0 Å². The summed E-state index contributed by atoms with van der Waals surface area (Å²) in [6.07, 6.45) is -0.743. The van der Waals surface area contributed by atoms with Gasteiger partial charge < -0.3 is 14.5 Å². The first-order valence-electron chi connectivity index (χ1n) is 7.60. The molecule has 0 saturated heterocycles. The van der Waals surface area contributed by atoms with Crippen molar-refractivity contribution in [3.8, 4) is 0 Å². The number of aliphatic hydroxyl groups is 1. The lowest BCUT2D eigenvalue weighted by Crippen LogP contribution is -2.34. The van der Waals surface area contributed by atoms with Gasteiger partial charge >= 0.3 is 0 Å². The second kappa shape index (κ2) is 7.42. The molecular formula is C18H18N2O3S. The molecular weight excluding hydrogens is 324 g/mol. The van der Waals surface area contributed by atoms with E-state index >= 15 is 0 Å². The lowest BCUT2D eigenvalue weighted by atomic mass is 10.1. The average molecular weight is 342 g/mol. The monoisotopic (exact) mass is 342 g/mol. The van der Waals surface area contributed by atoms with E-state index in [0.29, 0.717) is 12.2 Å². The summed E-state index contributed by atoms with van der Waals surface area (Å²) < 4.78 is 5.10. The number of rotatable bonds is 6. The minimum absolute atomic E-state index is 0.181. The molecule has 2 heterocycles. The van der Waals surface area contributed by atoms with Crippen molar-refractivity contribution in [1.82, 2.24) is 10.1 Å². The quantitative estimate of drug-likeness (QED) is 0.745. The van der Waals surface area contributed by atoms with Gasteiger partial charge in [-0.25, -0.2) is 0 Å². The van der Waals surface area contributed by atoms with Crippen LogP contribution in [0.3, 0.4) is 0 Å². The zero-order valence-corrected chi connectivity index (χ0v) is 14.1. The van der Waals surface area contributed by atoms with Gasteiger partial charge in [-0.1, -0.05) is 35.5 Å². The largest absolute Gasteiger partial charge is 0.387 e. The van der Waals surface area contributed by atoms with E-state index in [2.05, 4.69) is 5.16 Å². The number of aliphatic hydroxyl groups excluding tert-OH is 1. The molecule has 6 heteroatoms. The number of nitrogens with zero attached hydrogens (tertiary/aromatic N) is 2. The Morgan fingerprint density at radius 3 is 2.75 bits per heavy atom. The Hall–Kier alpha value is -2.44. The predicted octanol–water partition coefficient (Wildman–Crippen LogP) is 3.42. The predicted molar refractivity (Wildman–Crippen MR) is 91.7 cm³/mol. The maximum atomic E-state index is 12.8. The molecule has 2 aromatic heterocycles. The van der Waals surface area contributed by atoms with Crippen LogP contribution in [0.5, 0.6) is 0 Å². The summed E-state index contributed by atoms with van der Waals surface area (Å²) in [5, 5.41) is 18.0. The second-order valence-electron chi connectivity index (χ2n) is 5.58. The minimum Gasteiger partial charge on any atom is -0.387 e. The lowest BCUT2D eigenvalue weighted by Gasteiger charge is -2.24. The van der Waals surface area contributed by atoms with Crippen molar-refractivity contribution in [3.63, 3.8) is 0 Å². The van der Waals surface area contributed by atoms with Gasteiger partial charge in [-0.05, 0) is 34.9 Å². The van der Waals surface area contributed by atoms with Crippen LogP contribution in [0, 0.1) is 6.92 Å². The first-order chi connectivity index (χ1) is 11.6. The zero-order chi connectivity index (χ0) is 16.9. The number of hydrogen-bond donors (Lipinski definition) is 1. The van der Waals surface area contributed by atoms with E-state index in [4.69, 9.17) is 4.52 Å². The van der Waals surface area contributed by atoms with Crippen LogP contribution in [0.2, 0.25) is 0 Å². The summed E-state index contributed by atoms with van der Waals surface area (Å²) in [6, 6.07) is 13.1. The maximum Gasteiger partial charge on any atom is 0.292 e. The van der Waals surface area contributed by atoms with Crippen molar-refractivity contribution < 1.29 is 14.4 Å². The van der Waals surface area contributed by atoms with Gasteiger partial charge in [-0.15, -0.1) is 0 Å². The number of thiophene rings is 1. The Labute approximate surface area is 144 Å². The van der Waals surface area contributed by atoms with E-state index in [1.807, 2.05) is 47.2 Å². The first kappa shape index (κ1) is 16.4. The number of amides is 1. The van der Waals surface area contributed by atoms with Crippen LogP contribution in [0.4, 0.5) is 0 Å². The standard InChI is InChI=1S/C18H18N2O3S/c1-13-9-17(23-19-13)18(22)20(10-14-5-3-2-4-6-14)11-16(21)15-7-8-24-12-15/h2-9,12,16,21H,10-11H2,1H3. The van der Waals surface area contributed by atoms with E-state index in [1.54, 1.807) is 17.9 Å². The highest BCUT2D eigenvalue weighted by molar-refractivity contribution is 7.07. The Morgan fingerprint density at radius 2 is 2.12 bits per heavy atom. The Morgan fingerprint density at radius 1 is 1.33 bits per heavy atom. The molecule has 1 unspecified atom stereocenters. The van der Waals surface area contributed by atoms with Gasteiger partial charge in [0.1, 0.15) is 0 Å². The molecule has 0 aliphatic heterocycles. The van der Waals surface area contributed by atoms with Crippen molar-refractivity contribution >= 4 is 17.2 Å². The molecule has 124 valence electrons. The van der Waals surface area contributed by atoms with E-state index < -0.39 is 6.10 Å². The van der Waals surface area contributed by atoms with Crippen molar-refractivity contribution in [2.24, 2.45) is 0 Å². The number of aromatic nitrogens is 1. The molecule has 3 rings (SSSR count). The molecule has 0 aliphatic carbocycles. The van der Waals surface area contributed by atoms with Crippen LogP contribution in [0.15, 0.2) is 57.7 Å². The average Bonchev–Trinajstić information content (AvgIpc) is 3.26. The third-order valence-corrected chi connectivity index (χ3v) is 4.36. The van der Waals surface area contributed by atoms with E-state index in [9.17, 15) is 9.90 Å². The third-order valence-electron chi connectivity index (χ3n) is 3.66. The third kappa shape index (κ3) is 3.90. The van der Waals surface area contributed by atoms with Crippen LogP contribution in [0.1, 0.15) is 33.5 Å². The summed E-state index contributed by atoms with van der Waals surface area (Å²) in [7, 11) is 0. The fourth-order valence-corrected chi connectivity index (χ4v) is 3.13. The highest BCUT2D eigenvalue weighted by atomic mass is 32.1. The van der Waals surface area contributed by atoms with Crippen LogP contribution in [0.25, 0.3) is 0 Å². The van der Waals surface area contributed by atoms with Gasteiger partial charge in [0.15, 0.2) is 0 Å². The summed E-state index contributed by atoms with van der Waals surface area (Å²) in [4.78, 5) is 14.3. The molecule has 0 saturated carbocycles. The molecule has 0 fully saturated rings. The van der Waals surface area contributed by atoms with Crippen LogP contribution >= 0.6 is 11.3 Å². The van der Waals surface area contributed by atoms with Crippen molar-refractivity contribution in [2.75, 3.05) is 6.54 Å². The molecule has 5 nitrogen and oxygen atoms in total. The molecule has 0 aliphatic rings. The van der Waals surface area contributed by atoms with Gasteiger partial charge in [0.2, 0.25) is 5.76 Å². The molecule has 1 amide bonds. The minimum atomic E-state index is -0.743. The summed E-state index contributed by atoms with van der Waals surface area (Å²) in [5.41, 5.74) is 2.44. The summed E-state index contributed by atoms with van der Waals surface area (Å²) in [6.45, 7) is 2.34. The topological polar surface area (TPSA) is 66.6 Å². The molecule has 1 aromatic carbocycles. The fourth-order valence-electron chi connectivity index (χ4n) is 2.42. The van der Waals surface area contributed by atoms with Gasteiger partial charge in [-0.3, -0.25) is 4.79 Å². The molecule has 0 bridgehead atoms. The molecule has 1 N–H and O–H groups in total. The van der Waals surface area contributed by atoms with Crippen molar-refractivity contribution in [2.45, 2.75) is 19.6 Å². The SMILES string of the molecule is Cc1cc(C(=O)N(Cc2ccccc2)CC(O)c2ccsc2)on1. The smallest absolute Gasteiger partial charge is 0.292 e.